The summed E-state index contributed by atoms with van der Waals surface area (Å²) in [5.74, 6) is 1.99. The lowest BCUT2D eigenvalue weighted by molar-refractivity contribution is -0.119. The zero-order valence-corrected chi connectivity index (χ0v) is 15.5. The number of ether oxygens (including phenoxy) is 3. The second-order valence-corrected chi connectivity index (χ2v) is 6.43. The monoisotopic (exact) mass is 364 g/mol. The minimum absolute atomic E-state index is 0.0281. The highest BCUT2D eigenvalue weighted by Crippen LogP contribution is 2.42. The first-order valence-electron chi connectivity index (χ1n) is 8.68. The molecule has 1 N–H and O–H groups in total. The van der Waals surface area contributed by atoms with Gasteiger partial charge in [0.2, 0.25) is 12.7 Å². The van der Waals surface area contributed by atoms with Crippen molar-refractivity contribution in [2.24, 2.45) is 0 Å². The number of fused-ring (bicyclic) bond motifs is 2. The molecule has 1 aromatic heterocycles. The van der Waals surface area contributed by atoms with Crippen LogP contribution in [0.25, 0.3) is 22.2 Å². The van der Waals surface area contributed by atoms with Crippen LogP contribution in [0, 0.1) is 6.92 Å². The van der Waals surface area contributed by atoms with Gasteiger partial charge in [0, 0.05) is 24.1 Å². The Balaban J connectivity index is 1.84. The average Bonchev–Trinajstić information content (AvgIpc) is 3.13. The SMILES string of the molecule is CNC(=O)Cc1ccc2c(C)cc(-c3cc4c(cc3OC)OCO4)nc2c1. The molecule has 0 atom stereocenters. The first-order valence-corrected chi connectivity index (χ1v) is 8.68. The molecule has 0 radical (unpaired) electrons. The average molecular weight is 364 g/mol. The van der Waals surface area contributed by atoms with Crippen molar-refractivity contribution < 1.29 is 19.0 Å². The van der Waals surface area contributed by atoms with Crippen molar-refractivity contribution in [2.75, 3.05) is 21.0 Å². The molecular formula is C21H20N2O4. The molecule has 0 unspecified atom stereocenters. The van der Waals surface area contributed by atoms with E-state index in [1.807, 2.05) is 43.3 Å². The predicted molar refractivity (Wildman–Crippen MR) is 102 cm³/mol. The highest BCUT2D eigenvalue weighted by molar-refractivity contribution is 5.88. The maximum atomic E-state index is 11.7. The third-order valence-electron chi connectivity index (χ3n) is 4.70. The molecule has 2 heterocycles. The molecule has 0 fully saturated rings. The molecule has 6 heteroatoms. The number of nitrogens with zero attached hydrogens (tertiary/aromatic N) is 1. The lowest BCUT2D eigenvalue weighted by atomic mass is 10.0. The zero-order valence-electron chi connectivity index (χ0n) is 15.5. The van der Waals surface area contributed by atoms with Crippen LogP contribution in [0.15, 0.2) is 36.4 Å². The Morgan fingerprint density at radius 2 is 1.96 bits per heavy atom. The molecule has 138 valence electrons. The van der Waals surface area contributed by atoms with E-state index in [1.165, 1.54) is 0 Å². The number of aryl methyl sites for hydroxylation is 1. The summed E-state index contributed by atoms with van der Waals surface area (Å²) in [6.07, 6.45) is 0.324. The molecule has 3 aromatic rings. The van der Waals surface area contributed by atoms with Crippen LogP contribution in [0.5, 0.6) is 17.2 Å². The topological polar surface area (TPSA) is 69.7 Å². The third kappa shape index (κ3) is 3.14. The largest absolute Gasteiger partial charge is 0.496 e. The van der Waals surface area contributed by atoms with Gasteiger partial charge in [-0.25, -0.2) is 4.98 Å². The summed E-state index contributed by atoms with van der Waals surface area (Å²) < 4.78 is 16.5. The molecule has 0 saturated carbocycles. The van der Waals surface area contributed by atoms with Gasteiger partial charge in [-0.3, -0.25) is 4.79 Å². The molecule has 1 aliphatic heterocycles. The maximum absolute atomic E-state index is 11.7. The van der Waals surface area contributed by atoms with Gasteiger partial charge in [-0.15, -0.1) is 0 Å². The predicted octanol–water partition coefficient (Wildman–Crippen LogP) is 3.24. The van der Waals surface area contributed by atoms with E-state index in [1.54, 1.807) is 14.2 Å². The molecule has 0 spiro atoms. The van der Waals surface area contributed by atoms with Crippen LogP contribution >= 0.6 is 0 Å². The number of aromatic nitrogens is 1. The minimum atomic E-state index is -0.0281. The number of rotatable bonds is 4. The molecule has 2 aromatic carbocycles. The fourth-order valence-electron chi connectivity index (χ4n) is 3.26. The first-order chi connectivity index (χ1) is 13.1. The summed E-state index contributed by atoms with van der Waals surface area (Å²) >= 11 is 0. The van der Waals surface area contributed by atoms with Gasteiger partial charge in [-0.1, -0.05) is 12.1 Å². The number of carbonyl (C=O) groups excluding carboxylic acids is 1. The van der Waals surface area contributed by atoms with Gasteiger partial charge in [0.15, 0.2) is 11.5 Å². The number of carbonyl (C=O) groups is 1. The number of likely N-dealkylation sites (N-methyl/N-ethyl adjacent to an activating group) is 1. The second-order valence-electron chi connectivity index (χ2n) is 6.43. The van der Waals surface area contributed by atoms with Gasteiger partial charge in [-0.05, 0) is 36.2 Å². The van der Waals surface area contributed by atoms with Crippen molar-refractivity contribution >= 4 is 16.8 Å². The molecule has 27 heavy (non-hydrogen) atoms. The summed E-state index contributed by atoms with van der Waals surface area (Å²) in [6.45, 7) is 2.25. The van der Waals surface area contributed by atoms with Crippen LogP contribution in [0.3, 0.4) is 0 Å². The molecule has 1 aliphatic rings. The highest BCUT2D eigenvalue weighted by atomic mass is 16.7. The van der Waals surface area contributed by atoms with E-state index >= 15 is 0 Å². The van der Waals surface area contributed by atoms with E-state index in [0.717, 1.165) is 33.3 Å². The van der Waals surface area contributed by atoms with E-state index in [9.17, 15) is 4.79 Å². The lowest BCUT2D eigenvalue weighted by Gasteiger charge is -2.12. The Morgan fingerprint density at radius 1 is 1.19 bits per heavy atom. The van der Waals surface area contributed by atoms with Crippen molar-refractivity contribution in [3.05, 3.63) is 47.5 Å². The molecular weight excluding hydrogens is 344 g/mol. The second kappa shape index (κ2) is 6.79. The Bertz CT molecular complexity index is 1050. The molecule has 4 rings (SSSR count). The summed E-state index contributed by atoms with van der Waals surface area (Å²) in [4.78, 5) is 16.5. The quantitative estimate of drug-likeness (QED) is 0.770. The van der Waals surface area contributed by atoms with Crippen LogP contribution in [-0.4, -0.2) is 31.8 Å². The van der Waals surface area contributed by atoms with Crippen molar-refractivity contribution in [2.45, 2.75) is 13.3 Å². The number of methoxy groups -OCH3 is 1. The zero-order chi connectivity index (χ0) is 19.0. The van der Waals surface area contributed by atoms with Crippen molar-refractivity contribution in [1.82, 2.24) is 10.3 Å². The van der Waals surface area contributed by atoms with Crippen LogP contribution in [0.1, 0.15) is 11.1 Å². The van der Waals surface area contributed by atoms with Crippen LogP contribution in [0.2, 0.25) is 0 Å². The molecule has 6 nitrogen and oxygen atoms in total. The first kappa shape index (κ1) is 17.1. The molecule has 0 saturated heterocycles. The summed E-state index contributed by atoms with van der Waals surface area (Å²) in [6, 6.07) is 11.7. The van der Waals surface area contributed by atoms with Gasteiger partial charge in [-0.2, -0.15) is 0 Å². The molecule has 0 aliphatic carbocycles. The fraction of sp³-hybridized carbons (Fsp3) is 0.238. The van der Waals surface area contributed by atoms with Gasteiger partial charge in [0.05, 0.1) is 24.7 Å². The highest BCUT2D eigenvalue weighted by Gasteiger charge is 2.20. The van der Waals surface area contributed by atoms with E-state index in [4.69, 9.17) is 19.2 Å². The van der Waals surface area contributed by atoms with E-state index < -0.39 is 0 Å². The van der Waals surface area contributed by atoms with Gasteiger partial charge in [0.25, 0.3) is 0 Å². The van der Waals surface area contributed by atoms with Gasteiger partial charge in [0.1, 0.15) is 5.75 Å². The number of benzene rings is 2. The van der Waals surface area contributed by atoms with E-state index in [2.05, 4.69) is 5.32 Å². The fourth-order valence-corrected chi connectivity index (χ4v) is 3.26. The lowest BCUT2D eigenvalue weighted by Crippen LogP contribution is -2.19. The van der Waals surface area contributed by atoms with E-state index in [-0.39, 0.29) is 12.7 Å². The number of pyridine rings is 1. The standard InChI is InChI=1S/C21H20N2O4/c1-12-6-16(15-9-19-20(27-11-26-19)10-18(15)25-3)23-17-7-13(4-5-14(12)17)8-21(24)22-2/h4-7,9-10H,8,11H2,1-3H3,(H,22,24). The molecule has 1 amide bonds. The van der Waals surface area contributed by atoms with Crippen LogP contribution in [0.4, 0.5) is 0 Å². The molecule has 0 bridgehead atoms. The maximum Gasteiger partial charge on any atom is 0.231 e. The third-order valence-corrected chi connectivity index (χ3v) is 4.70. The number of nitrogens with one attached hydrogen (secondary N) is 1. The smallest absolute Gasteiger partial charge is 0.231 e. The number of amides is 1. The normalized spacial score (nSPS) is 12.3. The Morgan fingerprint density at radius 3 is 2.70 bits per heavy atom. The van der Waals surface area contributed by atoms with Crippen molar-refractivity contribution in [3.8, 4) is 28.5 Å². The summed E-state index contributed by atoms with van der Waals surface area (Å²) in [5.41, 5.74) is 4.48. The van der Waals surface area contributed by atoms with E-state index in [0.29, 0.717) is 23.7 Å². The van der Waals surface area contributed by atoms with Crippen LogP contribution < -0.4 is 19.5 Å². The summed E-state index contributed by atoms with van der Waals surface area (Å²) in [5, 5.41) is 3.70. The van der Waals surface area contributed by atoms with Gasteiger partial charge < -0.3 is 19.5 Å². The van der Waals surface area contributed by atoms with Gasteiger partial charge >= 0.3 is 0 Å². The Hall–Kier alpha value is -3.28. The number of hydrogen-bond acceptors (Lipinski definition) is 5. The number of hydrogen-bond donors (Lipinski definition) is 1. The summed E-state index contributed by atoms with van der Waals surface area (Å²) in [7, 11) is 3.26. The minimum Gasteiger partial charge on any atom is -0.496 e. The Kier molecular flexibility index (Phi) is 4.32. The Labute approximate surface area is 157 Å². The van der Waals surface area contributed by atoms with Crippen molar-refractivity contribution in [1.29, 1.82) is 0 Å². The van der Waals surface area contributed by atoms with Crippen molar-refractivity contribution in [3.63, 3.8) is 0 Å². The van der Waals surface area contributed by atoms with Crippen LogP contribution in [-0.2, 0) is 11.2 Å².